The fourth-order valence-electron chi connectivity index (χ4n) is 4.36. The van der Waals surface area contributed by atoms with Gasteiger partial charge in [0.2, 0.25) is 0 Å². The quantitative estimate of drug-likeness (QED) is 0.568. The Morgan fingerprint density at radius 2 is 1.21 bits per heavy atom. The zero-order valence-electron chi connectivity index (χ0n) is 17.7. The summed E-state index contributed by atoms with van der Waals surface area (Å²) in [4.78, 5) is 32.1. The monoisotopic (exact) mass is 445 g/mol. The average molecular weight is 445 g/mol. The molecule has 0 aliphatic carbocycles. The lowest BCUT2D eigenvalue weighted by molar-refractivity contribution is -0.120. The van der Waals surface area contributed by atoms with Crippen LogP contribution in [0.4, 0.5) is 20.2 Å². The fourth-order valence-corrected chi connectivity index (χ4v) is 4.36. The van der Waals surface area contributed by atoms with Crippen LogP contribution in [0.3, 0.4) is 0 Å². The first-order chi connectivity index (χ1) is 16.0. The van der Waals surface area contributed by atoms with Gasteiger partial charge in [-0.25, -0.2) is 13.7 Å². The summed E-state index contributed by atoms with van der Waals surface area (Å²) in [6.45, 7) is 2.46. The molecule has 0 N–H and O–H groups in total. The first-order valence-corrected chi connectivity index (χ1v) is 10.7. The average Bonchev–Trinajstić information content (AvgIpc) is 3.12. The lowest BCUT2D eigenvalue weighted by Gasteiger charge is -2.37. The minimum atomic E-state index is -1.11. The minimum absolute atomic E-state index is 0.00949. The van der Waals surface area contributed by atoms with Crippen LogP contribution >= 0.6 is 0 Å². The molecule has 2 amide bonds. The summed E-state index contributed by atoms with van der Waals surface area (Å²) in [7, 11) is 0. The van der Waals surface area contributed by atoms with Crippen molar-refractivity contribution in [2.24, 2.45) is 0 Å². The highest BCUT2D eigenvalue weighted by Gasteiger charge is 2.43. The molecule has 7 heteroatoms. The van der Waals surface area contributed by atoms with E-state index in [0.717, 1.165) is 22.7 Å². The largest absolute Gasteiger partial charge is 0.368 e. The molecule has 33 heavy (non-hydrogen) atoms. The van der Waals surface area contributed by atoms with E-state index in [1.807, 2.05) is 41.3 Å². The maximum absolute atomic E-state index is 13.9. The molecular weight excluding hydrogens is 424 g/mol. The van der Waals surface area contributed by atoms with Gasteiger partial charge in [-0.3, -0.25) is 9.59 Å². The molecule has 3 aromatic rings. The molecule has 2 aliphatic heterocycles. The van der Waals surface area contributed by atoms with Crippen molar-refractivity contribution in [2.75, 3.05) is 36.0 Å². The van der Waals surface area contributed by atoms with E-state index in [2.05, 4.69) is 4.90 Å². The van der Waals surface area contributed by atoms with Gasteiger partial charge in [0.1, 0.15) is 5.70 Å². The number of imide groups is 1. The van der Waals surface area contributed by atoms with Gasteiger partial charge in [0.05, 0.1) is 11.3 Å². The van der Waals surface area contributed by atoms with Gasteiger partial charge in [-0.2, -0.15) is 0 Å². The first kappa shape index (κ1) is 20.9. The van der Waals surface area contributed by atoms with Gasteiger partial charge in [0.15, 0.2) is 11.6 Å². The number of carbonyl (C=O) groups is 2. The molecule has 0 bridgehead atoms. The second-order valence-electron chi connectivity index (χ2n) is 7.94. The van der Waals surface area contributed by atoms with E-state index in [0.29, 0.717) is 37.4 Å². The molecule has 0 aromatic heterocycles. The highest BCUT2D eigenvalue weighted by molar-refractivity contribution is 6.45. The Balaban J connectivity index is 1.50. The second kappa shape index (κ2) is 8.50. The summed E-state index contributed by atoms with van der Waals surface area (Å²) in [5.74, 6) is -3.22. The number of hydrogen-bond donors (Lipinski definition) is 0. The zero-order valence-corrected chi connectivity index (χ0v) is 17.7. The number of piperazine rings is 1. The van der Waals surface area contributed by atoms with Gasteiger partial charge < -0.3 is 9.80 Å². The number of amides is 2. The van der Waals surface area contributed by atoms with E-state index < -0.39 is 23.4 Å². The Labute approximate surface area is 190 Å². The number of nitrogens with zero attached hydrogens (tertiary/aromatic N) is 3. The third kappa shape index (κ3) is 3.75. The van der Waals surface area contributed by atoms with Crippen molar-refractivity contribution in [1.29, 1.82) is 0 Å². The number of carbonyl (C=O) groups excluding carboxylic acids is 2. The zero-order chi connectivity index (χ0) is 22.9. The molecule has 5 nitrogen and oxygen atoms in total. The van der Waals surface area contributed by atoms with Crippen LogP contribution in [0.1, 0.15) is 5.56 Å². The van der Waals surface area contributed by atoms with Gasteiger partial charge in [0.25, 0.3) is 11.8 Å². The molecule has 5 rings (SSSR count). The number of para-hydroxylation sites is 1. The Morgan fingerprint density at radius 3 is 1.85 bits per heavy atom. The van der Waals surface area contributed by atoms with E-state index in [4.69, 9.17) is 0 Å². The number of benzene rings is 3. The lowest BCUT2D eigenvalue weighted by atomic mass is 10.0. The van der Waals surface area contributed by atoms with E-state index in [-0.39, 0.29) is 11.3 Å². The van der Waals surface area contributed by atoms with E-state index in [1.54, 1.807) is 24.3 Å². The van der Waals surface area contributed by atoms with Crippen LogP contribution in [0.5, 0.6) is 0 Å². The van der Waals surface area contributed by atoms with Crippen molar-refractivity contribution in [1.82, 2.24) is 4.90 Å². The third-order valence-corrected chi connectivity index (χ3v) is 6.00. The van der Waals surface area contributed by atoms with Crippen LogP contribution in [0.2, 0.25) is 0 Å². The molecule has 0 unspecified atom stereocenters. The van der Waals surface area contributed by atoms with Gasteiger partial charge in [-0.1, -0.05) is 48.5 Å². The molecule has 2 heterocycles. The predicted molar refractivity (Wildman–Crippen MR) is 122 cm³/mol. The summed E-state index contributed by atoms with van der Waals surface area (Å²) >= 11 is 0. The SMILES string of the molecule is O=C1C(c2ccccc2)=C(N2CCN(c3ccccc3)CC2)C(=O)N1c1ccc(F)c(F)c1. The summed E-state index contributed by atoms with van der Waals surface area (Å²) in [5, 5.41) is 0. The number of anilines is 2. The van der Waals surface area contributed by atoms with Crippen molar-refractivity contribution in [3.63, 3.8) is 0 Å². The Hall–Kier alpha value is -4.00. The number of halogens is 2. The van der Waals surface area contributed by atoms with Gasteiger partial charge >= 0.3 is 0 Å². The lowest BCUT2D eigenvalue weighted by Crippen LogP contribution is -2.47. The Kier molecular flexibility index (Phi) is 5.38. The van der Waals surface area contributed by atoms with Gasteiger partial charge in [-0.05, 0) is 29.8 Å². The van der Waals surface area contributed by atoms with Crippen molar-refractivity contribution in [3.05, 3.63) is 102 Å². The highest BCUT2D eigenvalue weighted by atomic mass is 19.2. The van der Waals surface area contributed by atoms with Gasteiger partial charge in [0, 0.05) is 37.9 Å². The second-order valence-corrected chi connectivity index (χ2v) is 7.94. The van der Waals surface area contributed by atoms with E-state index in [9.17, 15) is 18.4 Å². The summed E-state index contributed by atoms with van der Waals surface area (Å²) in [6.07, 6.45) is 0. The summed E-state index contributed by atoms with van der Waals surface area (Å²) in [6, 6.07) is 22.0. The van der Waals surface area contributed by atoms with E-state index in [1.165, 1.54) is 6.07 Å². The molecule has 1 fully saturated rings. The first-order valence-electron chi connectivity index (χ1n) is 10.7. The number of hydrogen-bond acceptors (Lipinski definition) is 4. The molecule has 1 saturated heterocycles. The van der Waals surface area contributed by atoms with Crippen LogP contribution in [-0.4, -0.2) is 42.9 Å². The van der Waals surface area contributed by atoms with Crippen molar-refractivity contribution in [3.8, 4) is 0 Å². The Bertz CT molecular complexity index is 1240. The van der Waals surface area contributed by atoms with Crippen LogP contribution < -0.4 is 9.80 Å². The number of rotatable bonds is 4. The standard InChI is InChI=1S/C26H21F2N3O2/c27-21-12-11-20(17-22(21)28)31-25(32)23(18-7-3-1-4-8-18)24(26(31)33)30-15-13-29(14-16-30)19-9-5-2-6-10-19/h1-12,17H,13-16H2. The summed E-state index contributed by atoms with van der Waals surface area (Å²) < 4.78 is 27.4. The molecule has 0 atom stereocenters. The van der Waals surface area contributed by atoms with Crippen molar-refractivity contribution in [2.45, 2.75) is 0 Å². The maximum atomic E-state index is 13.9. The minimum Gasteiger partial charge on any atom is -0.368 e. The van der Waals surface area contributed by atoms with Crippen LogP contribution in [0.25, 0.3) is 5.57 Å². The maximum Gasteiger partial charge on any atom is 0.282 e. The van der Waals surface area contributed by atoms with Crippen LogP contribution in [0.15, 0.2) is 84.6 Å². The smallest absolute Gasteiger partial charge is 0.282 e. The topological polar surface area (TPSA) is 43.9 Å². The molecule has 166 valence electrons. The third-order valence-electron chi connectivity index (χ3n) is 6.00. The molecule has 0 radical (unpaired) electrons. The molecule has 3 aromatic carbocycles. The molecule has 0 spiro atoms. The Morgan fingerprint density at radius 1 is 0.606 bits per heavy atom. The van der Waals surface area contributed by atoms with Crippen molar-refractivity contribution >= 4 is 28.8 Å². The normalized spacial score (nSPS) is 16.7. The van der Waals surface area contributed by atoms with Crippen molar-refractivity contribution < 1.29 is 18.4 Å². The van der Waals surface area contributed by atoms with Crippen LogP contribution in [0, 0.1) is 11.6 Å². The molecular formula is C26H21F2N3O2. The van der Waals surface area contributed by atoms with Crippen LogP contribution in [-0.2, 0) is 9.59 Å². The summed E-state index contributed by atoms with van der Waals surface area (Å²) in [5.41, 5.74) is 2.30. The fraction of sp³-hybridized carbons (Fsp3) is 0.154. The van der Waals surface area contributed by atoms with E-state index >= 15 is 0 Å². The van der Waals surface area contributed by atoms with Gasteiger partial charge in [-0.15, -0.1) is 0 Å². The predicted octanol–water partition coefficient (Wildman–Crippen LogP) is 4.07. The molecule has 2 aliphatic rings. The highest BCUT2D eigenvalue weighted by Crippen LogP contribution is 2.35. The molecule has 0 saturated carbocycles.